The summed E-state index contributed by atoms with van der Waals surface area (Å²) in [5.74, 6) is -0.157. The summed E-state index contributed by atoms with van der Waals surface area (Å²) in [7, 11) is 0. The van der Waals surface area contributed by atoms with Gasteiger partial charge in [0.1, 0.15) is 0 Å². The zero-order chi connectivity index (χ0) is 14.8. The lowest BCUT2D eigenvalue weighted by atomic mass is 10.1. The predicted molar refractivity (Wildman–Crippen MR) is 85.4 cm³/mol. The fraction of sp³-hybridized carbons (Fsp3) is 0.125. The lowest BCUT2D eigenvalue weighted by Gasteiger charge is -2.09. The fourth-order valence-electron chi connectivity index (χ4n) is 2.33. The van der Waals surface area contributed by atoms with Crippen LogP contribution in [0.2, 0.25) is 0 Å². The number of anilines is 2. The molecule has 0 fully saturated rings. The molecule has 0 aromatic heterocycles. The third-order valence-corrected chi connectivity index (χ3v) is 4.08. The van der Waals surface area contributed by atoms with Gasteiger partial charge in [-0.05, 0) is 64.3 Å². The molecule has 1 aliphatic heterocycles. The lowest BCUT2D eigenvalue weighted by Crippen LogP contribution is -2.12. The number of halogens is 1. The molecule has 0 atom stereocenters. The maximum Gasteiger partial charge on any atom is 0.255 e. The lowest BCUT2D eigenvalue weighted by molar-refractivity contribution is 0.102. The van der Waals surface area contributed by atoms with Gasteiger partial charge in [0.25, 0.3) is 5.91 Å². The van der Waals surface area contributed by atoms with E-state index in [2.05, 4.69) is 32.6 Å². The molecule has 1 aliphatic rings. The quantitative estimate of drug-likeness (QED) is 0.877. The van der Waals surface area contributed by atoms with Gasteiger partial charge in [-0.1, -0.05) is 0 Å². The third kappa shape index (κ3) is 2.76. The van der Waals surface area contributed by atoms with E-state index in [1.165, 1.54) is 5.56 Å². The topological polar surface area (TPSA) is 64.9 Å². The van der Waals surface area contributed by atoms with Gasteiger partial charge in [-0.25, -0.2) is 0 Å². The van der Waals surface area contributed by atoms with E-state index >= 15 is 0 Å². The molecule has 2 aromatic carbocycles. The Morgan fingerprint density at radius 3 is 2.90 bits per heavy atom. The highest BCUT2D eigenvalue weighted by molar-refractivity contribution is 9.10. The Hall–Kier alpha value is -2.32. The van der Waals surface area contributed by atoms with Crippen molar-refractivity contribution >= 4 is 33.2 Å². The number of benzene rings is 2. The number of carbonyl (C=O) groups excluding carboxylic acids is 1. The molecule has 0 saturated heterocycles. The summed E-state index contributed by atoms with van der Waals surface area (Å²) in [5.41, 5.74) is 4.10. The van der Waals surface area contributed by atoms with E-state index in [9.17, 15) is 4.79 Å². The summed E-state index contributed by atoms with van der Waals surface area (Å²) in [6, 6.07) is 12.8. The van der Waals surface area contributed by atoms with E-state index < -0.39 is 0 Å². The minimum absolute atomic E-state index is 0.157. The van der Waals surface area contributed by atoms with Crippen molar-refractivity contribution in [3.63, 3.8) is 0 Å². The van der Waals surface area contributed by atoms with Crippen molar-refractivity contribution in [2.45, 2.75) is 6.42 Å². The van der Waals surface area contributed by atoms with Gasteiger partial charge in [0.15, 0.2) is 0 Å². The maximum atomic E-state index is 12.3. The maximum absolute atomic E-state index is 12.3. The van der Waals surface area contributed by atoms with Crippen LogP contribution < -0.4 is 10.6 Å². The summed E-state index contributed by atoms with van der Waals surface area (Å²) in [4.78, 5) is 12.3. The molecule has 0 spiro atoms. The molecule has 0 saturated carbocycles. The molecule has 2 aromatic rings. The Morgan fingerprint density at radius 2 is 2.14 bits per heavy atom. The second kappa shape index (κ2) is 5.58. The van der Waals surface area contributed by atoms with Crippen LogP contribution >= 0.6 is 15.9 Å². The minimum atomic E-state index is -0.157. The Labute approximate surface area is 130 Å². The zero-order valence-corrected chi connectivity index (χ0v) is 12.7. The van der Waals surface area contributed by atoms with Gasteiger partial charge >= 0.3 is 0 Å². The van der Waals surface area contributed by atoms with Crippen molar-refractivity contribution in [3.8, 4) is 6.07 Å². The van der Waals surface area contributed by atoms with Gasteiger partial charge in [-0.2, -0.15) is 5.26 Å². The molecular formula is C16H12BrN3O. The summed E-state index contributed by atoms with van der Waals surface area (Å²) < 4.78 is 0.692. The molecule has 0 bridgehead atoms. The number of hydrogen-bond donors (Lipinski definition) is 2. The average molecular weight is 342 g/mol. The fourth-order valence-corrected chi connectivity index (χ4v) is 2.80. The highest BCUT2D eigenvalue weighted by Crippen LogP contribution is 2.26. The number of hydrogen-bond acceptors (Lipinski definition) is 3. The van der Waals surface area contributed by atoms with Crippen molar-refractivity contribution in [1.82, 2.24) is 0 Å². The van der Waals surface area contributed by atoms with Gasteiger partial charge in [0.05, 0.1) is 17.3 Å². The highest BCUT2D eigenvalue weighted by atomic mass is 79.9. The molecule has 5 heteroatoms. The first-order chi connectivity index (χ1) is 10.2. The summed E-state index contributed by atoms with van der Waals surface area (Å²) >= 11 is 3.36. The van der Waals surface area contributed by atoms with Crippen LogP contribution in [-0.4, -0.2) is 12.5 Å². The molecule has 1 amide bonds. The number of fused-ring (bicyclic) bond motifs is 1. The molecule has 1 heterocycles. The van der Waals surface area contributed by atoms with Crippen molar-refractivity contribution in [3.05, 3.63) is 57.6 Å². The van der Waals surface area contributed by atoms with E-state index in [-0.39, 0.29) is 5.91 Å². The average Bonchev–Trinajstić information content (AvgIpc) is 2.96. The Morgan fingerprint density at radius 1 is 1.29 bits per heavy atom. The number of carbonyl (C=O) groups is 1. The second-order valence-corrected chi connectivity index (χ2v) is 5.66. The van der Waals surface area contributed by atoms with Crippen LogP contribution in [0.15, 0.2) is 40.9 Å². The van der Waals surface area contributed by atoms with Crippen molar-refractivity contribution in [1.29, 1.82) is 5.26 Å². The second-order valence-electron chi connectivity index (χ2n) is 4.81. The highest BCUT2D eigenvalue weighted by Gasteiger charge is 2.14. The van der Waals surface area contributed by atoms with Crippen LogP contribution in [0, 0.1) is 11.3 Å². The standard InChI is InChI=1S/C16H12BrN3O/c17-13-7-10(9-18)1-3-15(13)20-16(21)12-2-4-14-11(8-12)5-6-19-14/h1-4,7-8,19H,5-6H2,(H,20,21). The Bertz CT molecular complexity index is 765. The number of amides is 1. The number of nitrogens with one attached hydrogen (secondary N) is 2. The van der Waals surface area contributed by atoms with Gasteiger partial charge in [-0.15, -0.1) is 0 Å². The normalized spacial score (nSPS) is 12.2. The Kier molecular flexibility index (Phi) is 3.63. The van der Waals surface area contributed by atoms with Gasteiger partial charge in [-0.3, -0.25) is 4.79 Å². The Balaban J connectivity index is 1.82. The van der Waals surface area contributed by atoms with Gasteiger partial charge in [0, 0.05) is 22.3 Å². The van der Waals surface area contributed by atoms with Gasteiger partial charge in [0.2, 0.25) is 0 Å². The molecule has 0 unspecified atom stereocenters. The van der Waals surface area contributed by atoms with Crippen LogP contribution in [0.1, 0.15) is 21.5 Å². The van der Waals surface area contributed by atoms with Gasteiger partial charge < -0.3 is 10.6 Å². The SMILES string of the molecule is N#Cc1ccc(NC(=O)c2ccc3c(c2)CCN3)c(Br)c1. The molecule has 2 N–H and O–H groups in total. The molecule has 21 heavy (non-hydrogen) atoms. The van der Waals surface area contributed by atoms with E-state index in [0.717, 1.165) is 18.7 Å². The van der Waals surface area contributed by atoms with Crippen LogP contribution in [0.3, 0.4) is 0 Å². The van der Waals surface area contributed by atoms with E-state index in [1.54, 1.807) is 18.2 Å². The van der Waals surface area contributed by atoms with E-state index in [0.29, 0.717) is 21.3 Å². The number of nitrogens with zero attached hydrogens (tertiary/aromatic N) is 1. The van der Waals surface area contributed by atoms with Crippen LogP contribution in [0.4, 0.5) is 11.4 Å². The molecule has 3 rings (SSSR count). The first-order valence-electron chi connectivity index (χ1n) is 6.55. The minimum Gasteiger partial charge on any atom is -0.384 e. The van der Waals surface area contributed by atoms with E-state index in [4.69, 9.17) is 5.26 Å². The molecule has 104 valence electrons. The number of rotatable bonds is 2. The smallest absolute Gasteiger partial charge is 0.255 e. The number of nitriles is 1. The molecule has 0 aliphatic carbocycles. The summed E-state index contributed by atoms with van der Waals surface area (Å²) in [5, 5.41) is 15.0. The summed E-state index contributed by atoms with van der Waals surface area (Å²) in [6.45, 7) is 0.918. The predicted octanol–water partition coefficient (Wildman–Crippen LogP) is 3.54. The van der Waals surface area contributed by atoms with Crippen molar-refractivity contribution in [2.75, 3.05) is 17.2 Å². The molecule has 0 radical (unpaired) electrons. The molecular weight excluding hydrogens is 330 g/mol. The zero-order valence-electron chi connectivity index (χ0n) is 11.1. The van der Waals surface area contributed by atoms with Crippen LogP contribution in [0.5, 0.6) is 0 Å². The molecule has 4 nitrogen and oxygen atoms in total. The largest absolute Gasteiger partial charge is 0.384 e. The summed E-state index contributed by atoms with van der Waals surface area (Å²) in [6.07, 6.45) is 0.941. The first-order valence-corrected chi connectivity index (χ1v) is 7.34. The van der Waals surface area contributed by atoms with Crippen molar-refractivity contribution in [2.24, 2.45) is 0 Å². The first kappa shape index (κ1) is 13.7. The third-order valence-electron chi connectivity index (χ3n) is 3.42. The van der Waals surface area contributed by atoms with E-state index in [1.807, 2.05) is 18.2 Å². The van der Waals surface area contributed by atoms with Crippen molar-refractivity contribution < 1.29 is 4.79 Å². The van der Waals surface area contributed by atoms with Crippen LogP contribution in [0.25, 0.3) is 0 Å². The van der Waals surface area contributed by atoms with Crippen LogP contribution in [-0.2, 0) is 6.42 Å². The monoisotopic (exact) mass is 341 g/mol.